The lowest BCUT2D eigenvalue weighted by atomic mass is 9.92. The molecule has 3 unspecified atom stereocenters. The molecule has 2 aliphatic heterocycles. The highest BCUT2D eigenvalue weighted by Gasteiger charge is 2.61. The van der Waals surface area contributed by atoms with E-state index in [0.29, 0.717) is 11.2 Å². The Morgan fingerprint density at radius 1 is 1.35 bits per heavy atom. The molecule has 0 spiro atoms. The fourth-order valence-corrected chi connectivity index (χ4v) is 5.87. The van der Waals surface area contributed by atoms with E-state index in [-0.39, 0.29) is 32.2 Å². The molecule has 198 valence electrons. The quantitative estimate of drug-likeness (QED) is 0.265. The van der Waals surface area contributed by atoms with Gasteiger partial charge in [-0.2, -0.15) is 5.10 Å². The van der Waals surface area contributed by atoms with Crippen LogP contribution in [0.3, 0.4) is 0 Å². The smallest absolute Gasteiger partial charge is 0.394 e. The van der Waals surface area contributed by atoms with Crippen molar-refractivity contribution in [2.75, 3.05) is 32.6 Å². The summed E-state index contributed by atoms with van der Waals surface area (Å²) < 4.78 is 43.2. The van der Waals surface area contributed by atoms with Crippen LogP contribution in [0.15, 0.2) is 53.8 Å². The molecule has 2 fully saturated rings. The van der Waals surface area contributed by atoms with Crippen molar-refractivity contribution in [3.05, 3.63) is 60.0 Å². The predicted octanol–water partition coefficient (Wildman–Crippen LogP) is 1.08. The van der Waals surface area contributed by atoms with Crippen LogP contribution in [0, 0.1) is 0 Å². The Labute approximate surface area is 212 Å². The number of anilines is 1. The summed E-state index contributed by atoms with van der Waals surface area (Å²) in [6, 6.07) is 12.8. The van der Waals surface area contributed by atoms with Gasteiger partial charge in [0, 0.05) is 13.3 Å². The average Bonchev–Trinajstić information content (AvgIpc) is 3.46. The zero-order valence-corrected chi connectivity index (χ0v) is 20.9. The number of aromatic nitrogens is 3. The first kappa shape index (κ1) is 25.9. The predicted molar refractivity (Wildman–Crippen MR) is 131 cm³/mol. The van der Waals surface area contributed by atoms with E-state index in [2.05, 4.69) is 15.1 Å². The summed E-state index contributed by atoms with van der Waals surface area (Å²) in [5.41, 5.74) is 6.32. The van der Waals surface area contributed by atoms with Crippen molar-refractivity contribution < 1.29 is 37.8 Å². The summed E-state index contributed by atoms with van der Waals surface area (Å²) in [4.78, 5) is 8.08. The molecule has 0 radical (unpaired) electrons. The standard InChI is InChI=1S/C23H28N5O8P/c1-25-13-23(19-8-7-17-22(24)26-14-27-28(17)19)21(30)20-18(35-23)12-34-37(31,36-20)33-11-16(9-29)32-10-15-5-3-2-4-6-15/h2-8,13-14,16,18,20-21,29-30H,9-12H2,1H3,(H2,24,26,27)/t16-,18-,20?,21?,23+,37?/m1/s1. The van der Waals surface area contributed by atoms with Gasteiger partial charge in [0.2, 0.25) is 0 Å². The molecule has 13 nitrogen and oxygen atoms in total. The molecule has 6 atom stereocenters. The van der Waals surface area contributed by atoms with E-state index in [9.17, 15) is 14.8 Å². The van der Waals surface area contributed by atoms with Gasteiger partial charge in [0.05, 0.1) is 32.1 Å². The van der Waals surface area contributed by atoms with Crippen molar-refractivity contribution in [3.63, 3.8) is 0 Å². The lowest BCUT2D eigenvalue weighted by Gasteiger charge is -2.31. The first-order valence-electron chi connectivity index (χ1n) is 11.6. The second-order valence-electron chi connectivity index (χ2n) is 8.65. The Morgan fingerprint density at radius 2 is 2.16 bits per heavy atom. The molecule has 37 heavy (non-hydrogen) atoms. The number of aliphatic hydroxyl groups is 2. The van der Waals surface area contributed by atoms with Gasteiger partial charge in [0.25, 0.3) is 0 Å². The minimum atomic E-state index is -4.12. The third kappa shape index (κ3) is 4.92. The number of nitrogens with zero attached hydrogens (tertiary/aromatic N) is 4. The topological polar surface area (TPSA) is 172 Å². The van der Waals surface area contributed by atoms with Gasteiger partial charge >= 0.3 is 7.82 Å². The Bertz CT molecular complexity index is 1310. The molecule has 5 rings (SSSR count). The highest BCUT2D eigenvalue weighted by Crippen LogP contribution is 2.58. The number of phosphoric ester groups is 1. The molecule has 14 heteroatoms. The van der Waals surface area contributed by atoms with Crippen molar-refractivity contribution in [2.24, 2.45) is 4.99 Å². The zero-order chi connectivity index (χ0) is 26.0. The first-order valence-corrected chi connectivity index (χ1v) is 13.1. The number of nitrogens with two attached hydrogens (primary N) is 1. The number of nitrogen functional groups attached to an aromatic ring is 1. The van der Waals surface area contributed by atoms with Crippen molar-refractivity contribution in [1.29, 1.82) is 0 Å². The fourth-order valence-electron chi connectivity index (χ4n) is 4.44. The first-order chi connectivity index (χ1) is 17.9. The highest BCUT2D eigenvalue weighted by atomic mass is 31.2. The Balaban J connectivity index is 1.31. The van der Waals surface area contributed by atoms with Crippen LogP contribution in [0.5, 0.6) is 0 Å². The van der Waals surface area contributed by atoms with E-state index in [1.54, 1.807) is 12.1 Å². The maximum absolute atomic E-state index is 13.3. The number of ether oxygens (including phenoxy) is 2. The number of aliphatic hydroxyl groups excluding tert-OH is 2. The third-order valence-electron chi connectivity index (χ3n) is 6.26. The second-order valence-corrected chi connectivity index (χ2v) is 10.3. The maximum Gasteiger partial charge on any atom is 0.475 e. The van der Waals surface area contributed by atoms with Crippen molar-refractivity contribution in [1.82, 2.24) is 14.6 Å². The van der Waals surface area contributed by atoms with Gasteiger partial charge in [-0.1, -0.05) is 30.3 Å². The second kappa shape index (κ2) is 10.6. The van der Waals surface area contributed by atoms with Crippen LogP contribution in [0.25, 0.3) is 5.52 Å². The summed E-state index contributed by atoms with van der Waals surface area (Å²) in [6.45, 7) is -0.562. The van der Waals surface area contributed by atoms with E-state index in [0.717, 1.165) is 5.56 Å². The summed E-state index contributed by atoms with van der Waals surface area (Å²) in [7, 11) is -2.58. The number of fused-ring (bicyclic) bond motifs is 2. The summed E-state index contributed by atoms with van der Waals surface area (Å²) in [5.74, 6) is 0.250. The Kier molecular flexibility index (Phi) is 7.39. The molecule has 2 aliphatic rings. The van der Waals surface area contributed by atoms with Crippen molar-refractivity contribution >= 4 is 25.4 Å². The Hall–Kier alpha value is -2.74. The van der Waals surface area contributed by atoms with Crippen LogP contribution in [-0.2, 0) is 39.8 Å². The Morgan fingerprint density at radius 3 is 2.92 bits per heavy atom. The highest BCUT2D eigenvalue weighted by molar-refractivity contribution is 7.48. The maximum atomic E-state index is 13.3. The third-order valence-corrected chi connectivity index (χ3v) is 7.70. The number of benzene rings is 1. The fraction of sp³-hybridized carbons (Fsp3) is 0.435. The number of hydrogen-bond donors (Lipinski definition) is 3. The molecule has 0 saturated carbocycles. The molecule has 1 aromatic carbocycles. The SMILES string of the molecule is CN=C[C@@]1(c2ccc3c(N)ncnn23)O[C@@H]2COP(=O)(OC[C@@H](CO)OCc3ccccc3)OC2C1O. The largest absolute Gasteiger partial charge is 0.475 e. The van der Waals surface area contributed by atoms with Gasteiger partial charge in [0.15, 0.2) is 11.4 Å². The van der Waals surface area contributed by atoms with Gasteiger partial charge in [-0.05, 0) is 17.7 Å². The van der Waals surface area contributed by atoms with E-state index in [1.165, 1.54) is 24.1 Å². The van der Waals surface area contributed by atoms with Gasteiger partial charge in [-0.15, -0.1) is 0 Å². The van der Waals surface area contributed by atoms with Crippen LogP contribution in [-0.4, -0.2) is 82.3 Å². The minimum absolute atomic E-state index is 0.173. The van der Waals surface area contributed by atoms with E-state index in [4.69, 9.17) is 28.8 Å². The molecular formula is C23H28N5O8P. The summed E-state index contributed by atoms with van der Waals surface area (Å²) in [6.07, 6.45) is -1.25. The van der Waals surface area contributed by atoms with Gasteiger partial charge in [0.1, 0.15) is 36.3 Å². The molecule has 4 heterocycles. The number of phosphoric acid groups is 1. The van der Waals surface area contributed by atoms with E-state index < -0.39 is 37.8 Å². The van der Waals surface area contributed by atoms with Crippen LogP contribution < -0.4 is 5.73 Å². The average molecular weight is 533 g/mol. The summed E-state index contributed by atoms with van der Waals surface area (Å²) >= 11 is 0. The minimum Gasteiger partial charge on any atom is -0.394 e. The number of hydrogen-bond acceptors (Lipinski definition) is 12. The molecule has 3 aromatic rings. The van der Waals surface area contributed by atoms with Crippen molar-refractivity contribution in [2.45, 2.75) is 36.6 Å². The molecule has 2 saturated heterocycles. The van der Waals surface area contributed by atoms with Gasteiger partial charge < -0.3 is 25.4 Å². The molecule has 0 amide bonds. The molecule has 0 aliphatic carbocycles. The van der Waals surface area contributed by atoms with E-state index >= 15 is 0 Å². The monoisotopic (exact) mass is 533 g/mol. The van der Waals surface area contributed by atoms with Crippen LogP contribution in [0.2, 0.25) is 0 Å². The molecule has 0 bridgehead atoms. The lowest BCUT2D eigenvalue weighted by molar-refractivity contribution is -0.0809. The van der Waals surface area contributed by atoms with Gasteiger partial charge in [-0.3, -0.25) is 18.6 Å². The normalized spacial score (nSPS) is 30.6. The van der Waals surface area contributed by atoms with Crippen LogP contribution in [0.4, 0.5) is 5.82 Å². The molecule has 4 N–H and O–H groups in total. The lowest BCUT2D eigenvalue weighted by Crippen LogP contribution is -2.45. The number of aliphatic imine (C=N–C) groups is 1. The van der Waals surface area contributed by atoms with E-state index in [1.807, 2.05) is 30.3 Å². The molecular weight excluding hydrogens is 505 g/mol. The zero-order valence-electron chi connectivity index (χ0n) is 20.0. The molecule has 2 aromatic heterocycles. The van der Waals surface area contributed by atoms with Gasteiger partial charge in [-0.25, -0.2) is 14.1 Å². The summed E-state index contributed by atoms with van der Waals surface area (Å²) in [5, 5.41) is 25.3. The van der Waals surface area contributed by atoms with Crippen LogP contribution in [0.1, 0.15) is 11.3 Å². The van der Waals surface area contributed by atoms with Crippen LogP contribution >= 0.6 is 7.82 Å². The van der Waals surface area contributed by atoms with Crippen molar-refractivity contribution in [3.8, 4) is 0 Å². The number of rotatable bonds is 9.